The molecule has 0 radical (unpaired) electrons. The molecule has 2 aromatic rings. The van der Waals surface area contributed by atoms with Crippen LogP contribution in [0.3, 0.4) is 0 Å². The SMILES string of the molecule is CCOc1nc(C)c(NC(=O)c2ccccc2OC(F)(F)F)c(C)n1. The van der Waals surface area contributed by atoms with Crippen LogP contribution in [0.2, 0.25) is 0 Å². The topological polar surface area (TPSA) is 73.3 Å². The molecule has 0 atom stereocenters. The molecule has 25 heavy (non-hydrogen) atoms. The summed E-state index contributed by atoms with van der Waals surface area (Å²) in [5.74, 6) is -1.35. The van der Waals surface area contributed by atoms with Crippen molar-refractivity contribution in [3.8, 4) is 11.8 Å². The van der Waals surface area contributed by atoms with Crippen molar-refractivity contribution in [2.24, 2.45) is 0 Å². The van der Waals surface area contributed by atoms with Crippen LogP contribution in [0.5, 0.6) is 11.8 Å². The highest BCUT2D eigenvalue weighted by molar-refractivity contribution is 6.06. The van der Waals surface area contributed by atoms with Gasteiger partial charge in [-0.25, -0.2) is 0 Å². The maximum absolute atomic E-state index is 12.5. The molecular formula is C16H16F3N3O3. The zero-order valence-electron chi connectivity index (χ0n) is 13.8. The Labute approximate surface area is 142 Å². The summed E-state index contributed by atoms with van der Waals surface area (Å²) in [5.41, 5.74) is 0.903. The van der Waals surface area contributed by atoms with Gasteiger partial charge >= 0.3 is 12.4 Å². The zero-order chi connectivity index (χ0) is 18.6. The van der Waals surface area contributed by atoms with E-state index >= 15 is 0 Å². The minimum atomic E-state index is -4.90. The van der Waals surface area contributed by atoms with E-state index in [2.05, 4.69) is 20.0 Å². The maximum Gasteiger partial charge on any atom is 0.573 e. The molecule has 1 heterocycles. The van der Waals surface area contributed by atoms with Crippen molar-refractivity contribution in [2.75, 3.05) is 11.9 Å². The van der Waals surface area contributed by atoms with E-state index < -0.39 is 18.0 Å². The second kappa shape index (κ2) is 7.37. The molecule has 0 spiro atoms. The van der Waals surface area contributed by atoms with E-state index in [-0.39, 0.29) is 11.6 Å². The van der Waals surface area contributed by atoms with E-state index in [4.69, 9.17) is 4.74 Å². The number of aryl methyl sites for hydroxylation is 2. The van der Waals surface area contributed by atoms with Crippen LogP contribution < -0.4 is 14.8 Å². The Morgan fingerprint density at radius 2 is 1.76 bits per heavy atom. The van der Waals surface area contributed by atoms with Gasteiger partial charge in [-0.2, -0.15) is 9.97 Å². The molecule has 134 valence electrons. The predicted molar refractivity (Wildman–Crippen MR) is 83.8 cm³/mol. The van der Waals surface area contributed by atoms with Crippen LogP contribution in [0.1, 0.15) is 28.7 Å². The molecule has 0 aliphatic rings. The molecule has 0 aliphatic carbocycles. The van der Waals surface area contributed by atoms with Gasteiger partial charge in [0.05, 0.1) is 29.2 Å². The van der Waals surface area contributed by atoms with Crippen molar-refractivity contribution in [1.82, 2.24) is 9.97 Å². The Morgan fingerprint density at radius 3 is 2.32 bits per heavy atom. The molecule has 6 nitrogen and oxygen atoms in total. The van der Waals surface area contributed by atoms with Gasteiger partial charge in [-0.1, -0.05) is 12.1 Å². The van der Waals surface area contributed by atoms with Crippen molar-refractivity contribution in [3.63, 3.8) is 0 Å². The third-order valence-electron chi connectivity index (χ3n) is 3.12. The fourth-order valence-electron chi connectivity index (χ4n) is 2.11. The highest BCUT2D eigenvalue weighted by Crippen LogP contribution is 2.28. The molecule has 1 aromatic heterocycles. The Hall–Kier alpha value is -2.84. The van der Waals surface area contributed by atoms with Crippen molar-refractivity contribution >= 4 is 11.6 Å². The lowest BCUT2D eigenvalue weighted by Crippen LogP contribution is -2.21. The van der Waals surface area contributed by atoms with Crippen molar-refractivity contribution < 1.29 is 27.4 Å². The number of carbonyl (C=O) groups excluding carboxylic acids is 1. The second-order valence-electron chi connectivity index (χ2n) is 4.98. The lowest BCUT2D eigenvalue weighted by atomic mass is 10.1. The molecule has 2 rings (SSSR count). The fraction of sp³-hybridized carbons (Fsp3) is 0.312. The number of benzene rings is 1. The Balaban J connectivity index is 2.29. The quantitative estimate of drug-likeness (QED) is 0.886. The third kappa shape index (κ3) is 4.82. The Kier molecular flexibility index (Phi) is 5.45. The number of amides is 1. The fourth-order valence-corrected chi connectivity index (χ4v) is 2.11. The predicted octanol–water partition coefficient (Wildman–Crippen LogP) is 3.64. The highest BCUT2D eigenvalue weighted by atomic mass is 19.4. The number of hydrogen-bond acceptors (Lipinski definition) is 5. The van der Waals surface area contributed by atoms with Gasteiger partial charge in [0.25, 0.3) is 5.91 Å². The summed E-state index contributed by atoms with van der Waals surface area (Å²) in [4.78, 5) is 20.6. The first-order chi connectivity index (χ1) is 11.7. The average molecular weight is 355 g/mol. The van der Waals surface area contributed by atoms with Crippen molar-refractivity contribution in [2.45, 2.75) is 27.1 Å². The van der Waals surface area contributed by atoms with Crippen LogP contribution in [0.25, 0.3) is 0 Å². The Morgan fingerprint density at radius 1 is 1.16 bits per heavy atom. The zero-order valence-corrected chi connectivity index (χ0v) is 13.8. The molecule has 0 saturated carbocycles. The number of rotatable bonds is 5. The van der Waals surface area contributed by atoms with Crippen molar-refractivity contribution in [1.29, 1.82) is 0 Å². The van der Waals surface area contributed by atoms with E-state index in [0.29, 0.717) is 23.7 Å². The normalized spacial score (nSPS) is 11.1. The molecule has 1 N–H and O–H groups in total. The number of aromatic nitrogens is 2. The number of para-hydroxylation sites is 1. The van der Waals surface area contributed by atoms with Crippen LogP contribution in [-0.4, -0.2) is 28.8 Å². The summed E-state index contributed by atoms with van der Waals surface area (Å²) in [6.45, 7) is 5.42. The lowest BCUT2D eigenvalue weighted by Gasteiger charge is -2.15. The van der Waals surface area contributed by atoms with E-state index in [9.17, 15) is 18.0 Å². The summed E-state index contributed by atoms with van der Waals surface area (Å²) in [5, 5.41) is 2.52. The van der Waals surface area contributed by atoms with Crippen molar-refractivity contribution in [3.05, 3.63) is 41.2 Å². The summed E-state index contributed by atoms with van der Waals surface area (Å²) in [7, 11) is 0. The number of anilines is 1. The van der Waals surface area contributed by atoms with Gasteiger partial charge in [-0.3, -0.25) is 4.79 Å². The minimum Gasteiger partial charge on any atom is -0.464 e. The van der Waals surface area contributed by atoms with E-state index in [1.165, 1.54) is 18.2 Å². The highest BCUT2D eigenvalue weighted by Gasteiger charge is 2.33. The Bertz CT molecular complexity index is 756. The molecule has 0 aliphatic heterocycles. The maximum atomic E-state index is 12.5. The number of hydrogen-bond donors (Lipinski definition) is 1. The number of halogens is 3. The molecule has 1 amide bonds. The first-order valence-corrected chi connectivity index (χ1v) is 7.35. The first-order valence-electron chi connectivity index (χ1n) is 7.35. The van der Waals surface area contributed by atoms with Crippen LogP contribution in [-0.2, 0) is 0 Å². The van der Waals surface area contributed by atoms with Gasteiger partial charge in [0, 0.05) is 0 Å². The standard InChI is InChI=1S/C16H16F3N3O3/c1-4-24-15-20-9(2)13(10(3)21-15)22-14(23)11-7-5-6-8-12(11)25-16(17,18)19/h5-8H,4H2,1-3H3,(H,22,23). The van der Waals surface area contributed by atoms with Gasteiger partial charge in [0.15, 0.2) is 0 Å². The van der Waals surface area contributed by atoms with E-state index in [0.717, 1.165) is 6.07 Å². The van der Waals surface area contributed by atoms with Gasteiger partial charge in [-0.15, -0.1) is 13.2 Å². The van der Waals surface area contributed by atoms with Gasteiger partial charge < -0.3 is 14.8 Å². The van der Waals surface area contributed by atoms with Crippen LogP contribution in [0.15, 0.2) is 24.3 Å². The van der Waals surface area contributed by atoms with Crippen LogP contribution in [0.4, 0.5) is 18.9 Å². The summed E-state index contributed by atoms with van der Waals surface area (Å²) in [6, 6.07) is 5.24. The summed E-state index contributed by atoms with van der Waals surface area (Å²) in [6.07, 6.45) is -4.90. The number of nitrogens with zero attached hydrogens (tertiary/aromatic N) is 2. The van der Waals surface area contributed by atoms with E-state index in [1.807, 2.05) is 0 Å². The number of ether oxygens (including phenoxy) is 2. The number of carbonyl (C=O) groups is 1. The molecular weight excluding hydrogens is 339 g/mol. The third-order valence-corrected chi connectivity index (χ3v) is 3.12. The van der Waals surface area contributed by atoms with Crippen LogP contribution in [0, 0.1) is 13.8 Å². The van der Waals surface area contributed by atoms with Gasteiger partial charge in [0.1, 0.15) is 5.75 Å². The molecule has 1 aromatic carbocycles. The average Bonchev–Trinajstić information content (AvgIpc) is 2.50. The first kappa shape index (κ1) is 18.5. The number of alkyl halides is 3. The summed E-state index contributed by atoms with van der Waals surface area (Å²) >= 11 is 0. The smallest absolute Gasteiger partial charge is 0.464 e. The van der Waals surface area contributed by atoms with E-state index in [1.54, 1.807) is 20.8 Å². The van der Waals surface area contributed by atoms with Gasteiger partial charge in [0.2, 0.25) is 0 Å². The minimum absolute atomic E-state index is 0.163. The molecule has 0 bridgehead atoms. The molecule has 9 heteroatoms. The second-order valence-corrected chi connectivity index (χ2v) is 4.98. The summed E-state index contributed by atoms with van der Waals surface area (Å²) < 4.78 is 46.5. The molecule has 0 fully saturated rings. The molecule has 0 unspecified atom stereocenters. The monoisotopic (exact) mass is 355 g/mol. The lowest BCUT2D eigenvalue weighted by molar-refractivity contribution is -0.274. The largest absolute Gasteiger partial charge is 0.573 e. The molecule has 0 saturated heterocycles. The van der Waals surface area contributed by atoms with Crippen LogP contribution >= 0.6 is 0 Å². The van der Waals surface area contributed by atoms with Gasteiger partial charge in [-0.05, 0) is 32.9 Å². The number of nitrogens with one attached hydrogen (secondary N) is 1.